The zero-order valence-electron chi connectivity index (χ0n) is 13.2. The SMILES string of the molecule is CN=C(N=C(N)N1CCOCC1)n1c(C(F)F)nc2ccccc21. The molecular formula is C15H18F2N6O. The van der Waals surface area contributed by atoms with Crippen LogP contribution in [-0.4, -0.2) is 59.7 Å². The molecule has 0 atom stereocenters. The van der Waals surface area contributed by atoms with Crippen molar-refractivity contribution in [3.63, 3.8) is 0 Å². The van der Waals surface area contributed by atoms with E-state index in [1.54, 1.807) is 24.3 Å². The van der Waals surface area contributed by atoms with Gasteiger partial charge in [-0.3, -0.25) is 9.56 Å². The summed E-state index contributed by atoms with van der Waals surface area (Å²) >= 11 is 0. The average molecular weight is 336 g/mol. The number of aliphatic imine (C=N–C) groups is 2. The van der Waals surface area contributed by atoms with Gasteiger partial charge in [0, 0.05) is 20.1 Å². The van der Waals surface area contributed by atoms with E-state index in [0.29, 0.717) is 37.3 Å². The van der Waals surface area contributed by atoms with Gasteiger partial charge in [0.2, 0.25) is 5.96 Å². The number of fused-ring (bicyclic) bond motifs is 1. The van der Waals surface area contributed by atoms with Crippen LogP contribution in [0.2, 0.25) is 0 Å². The second kappa shape index (κ2) is 6.91. The van der Waals surface area contributed by atoms with Crippen molar-refractivity contribution in [2.45, 2.75) is 6.43 Å². The van der Waals surface area contributed by atoms with Crippen molar-refractivity contribution in [1.82, 2.24) is 14.5 Å². The van der Waals surface area contributed by atoms with Gasteiger partial charge in [-0.15, -0.1) is 0 Å². The van der Waals surface area contributed by atoms with Crippen LogP contribution in [0.15, 0.2) is 34.3 Å². The van der Waals surface area contributed by atoms with Crippen LogP contribution in [-0.2, 0) is 4.74 Å². The predicted octanol–water partition coefficient (Wildman–Crippen LogP) is 1.45. The molecule has 0 spiro atoms. The third-order valence-corrected chi connectivity index (χ3v) is 3.73. The summed E-state index contributed by atoms with van der Waals surface area (Å²) in [6.07, 6.45) is -2.76. The highest BCUT2D eigenvalue weighted by molar-refractivity contribution is 6.00. The Morgan fingerprint density at radius 1 is 1.29 bits per heavy atom. The number of nitrogens with two attached hydrogens (primary N) is 1. The molecule has 2 N–H and O–H groups in total. The molecule has 0 radical (unpaired) electrons. The number of alkyl halides is 2. The molecule has 1 saturated heterocycles. The van der Waals surface area contributed by atoms with Gasteiger partial charge in [-0.05, 0) is 12.1 Å². The second-order valence-corrected chi connectivity index (χ2v) is 5.19. The van der Waals surface area contributed by atoms with Crippen LogP contribution in [0.4, 0.5) is 8.78 Å². The number of nitrogens with zero attached hydrogens (tertiary/aromatic N) is 5. The molecule has 0 saturated carbocycles. The van der Waals surface area contributed by atoms with Crippen LogP contribution in [0.1, 0.15) is 12.2 Å². The minimum Gasteiger partial charge on any atom is -0.378 e. The zero-order valence-corrected chi connectivity index (χ0v) is 13.2. The standard InChI is InChI=1S/C15H18F2N6O/c1-19-15(21-14(18)22-6-8-24-9-7-22)23-11-5-3-2-4-10(11)20-13(23)12(16)17/h2-5,12H,6-9H2,1H3,(H2,18,19,21). The number of halogens is 2. The molecule has 2 heterocycles. The van der Waals surface area contributed by atoms with E-state index < -0.39 is 12.2 Å². The van der Waals surface area contributed by atoms with Crippen LogP contribution < -0.4 is 5.73 Å². The largest absolute Gasteiger partial charge is 0.378 e. The van der Waals surface area contributed by atoms with Crippen LogP contribution in [0, 0.1) is 0 Å². The molecule has 0 bridgehead atoms. The number of hydrogen-bond acceptors (Lipinski definition) is 3. The average Bonchev–Trinajstić information content (AvgIpc) is 3.00. The number of imidazole rings is 1. The number of ether oxygens (including phenoxy) is 1. The molecule has 24 heavy (non-hydrogen) atoms. The Morgan fingerprint density at radius 3 is 2.67 bits per heavy atom. The van der Waals surface area contributed by atoms with Crippen molar-refractivity contribution in [3.05, 3.63) is 30.1 Å². The molecule has 1 aliphatic rings. The predicted molar refractivity (Wildman–Crippen MR) is 87.5 cm³/mol. The first-order valence-electron chi connectivity index (χ1n) is 7.51. The van der Waals surface area contributed by atoms with Gasteiger partial charge in [-0.2, -0.15) is 4.99 Å². The highest BCUT2D eigenvalue weighted by Crippen LogP contribution is 2.24. The van der Waals surface area contributed by atoms with E-state index in [1.807, 2.05) is 4.90 Å². The summed E-state index contributed by atoms with van der Waals surface area (Å²) in [6, 6.07) is 6.85. The number of hydrogen-bond donors (Lipinski definition) is 1. The van der Waals surface area contributed by atoms with Crippen molar-refractivity contribution in [2.24, 2.45) is 15.7 Å². The van der Waals surface area contributed by atoms with Gasteiger partial charge in [0.15, 0.2) is 11.8 Å². The van der Waals surface area contributed by atoms with E-state index in [4.69, 9.17) is 10.5 Å². The smallest absolute Gasteiger partial charge is 0.296 e. The molecule has 1 aliphatic heterocycles. The summed E-state index contributed by atoms with van der Waals surface area (Å²) in [6.45, 7) is 2.29. The Balaban J connectivity index is 2.05. The lowest BCUT2D eigenvalue weighted by Crippen LogP contribution is -2.45. The molecule has 1 fully saturated rings. The van der Waals surface area contributed by atoms with E-state index in [2.05, 4.69) is 15.0 Å². The van der Waals surface area contributed by atoms with Crippen molar-refractivity contribution < 1.29 is 13.5 Å². The van der Waals surface area contributed by atoms with Crippen molar-refractivity contribution in [3.8, 4) is 0 Å². The van der Waals surface area contributed by atoms with E-state index in [0.717, 1.165) is 0 Å². The molecule has 2 aromatic rings. The molecule has 0 unspecified atom stereocenters. The maximum Gasteiger partial charge on any atom is 0.296 e. The summed E-state index contributed by atoms with van der Waals surface area (Å²) in [5.74, 6) is -0.116. The molecule has 3 rings (SSSR count). The number of benzene rings is 1. The van der Waals surface area contributed by atoms with Crippen LogP contribution in [0.5, 0.6) is 0 Å². The highest BCUT2D eigenvalue weighted by Gasteiger charge is 2.22. The molecule has 1 aromatic heterocycles. The normalized spacial score (nSPS) is 17.1. The maximum absolute atomic E-state index is 13.4. The van der Waals surface area contributed by atoms with Crippen molar-refractivity contribution in [1.29, 1.82) is 0 Å². The Labute approximate surface area is 137 Å². The van der Waals surface area contributed by atoms with E-state index >= 15 is 0 Å². The number of morpholine rings is 1. The van der Waals surface area contributed by atoms with Crippen molar-refractivity contribution >= 4 is 23.0 Å². The first-order valence-corrected chi connectivity index (χ1v) is 7.51. The molecule has 0 amide bonds. The molecular weight excluding hydrogens is 318 g/mol. The van der Waals surface area contributed by atoms with Crippen LogP contribution in [0.25, 0.3) is 11.0 Å². The van der Waals surface area contributed by atoms with Gasteiger partial charge >= 0.3 is 0 Å². The number of rotatable bonds is 1. The van der Waals surface area contributed by atoms with E-state index in [-0.39, 0.29) is 11.9 Å². The minimum absolute atomic E-state index is 0.0722. The summed E-state index contributed by atoms with van der Waals surface area (Å²) < 4.78 is 33.3. The van der Waals surface area contributed by atoms with Gasteiger partial charge in [-0.25, -0.2) is 13.8 Å². The number of para-hydroxylation sites is 2. The van der Waals surface area contributed by atoms with Gasteiger partial charge in [0.1, 0.15) is 0 Å². The summed E-state index contributed by atoms with van der Waals surface area (Å²) in [4.78, 5) is 14.1. The Bertz CT molecular complexity index is 779. The highest BCUT2D eigenvalue weighted by atomic mass is 19.3. The lowest BCUT2D eigenvalue weighted by Gasteiger charge is -2.27. The Hall–Kier alpha value is -2.55. The molecule has 7 nitrogen and oxygen atoms in total. The van der Waals surface area contributed by atoms with Gasteiger partial charge in [0.25, 0.3) is 6.43 Å². The van der Waals surface area contributed by atoms with Gasteiger partial charge in [0.05, 0.1) is 24.2 Å². The van der Waals surface area contributed by atoms with E-state index in [9.17, 15) is 8.78 Å². The minimum atomic E-state index is -2.76. The first-order chi connectivity index (χ1) is 11.6. The fourth-order valence-corrected chi connectivity index (χ4v) is 2.57. The monoisotopic (exact) mass is 336 g/mol. The van der Waals surface area contributed by atoms with Crippen LogP contribution >= 0.6 is 0 Å². The fraction of sp³-hybridized carbons (Fsp3) is 0.400. The Morgan fingerprint density at radius 2 is 2.00 bits per heavy atom. The third kappa shape index (κ3) is 3.07. The summed E-state index contributed by atoms with van der Waals surface area (Å²) in [5.41, 5.74) is 6.98. The van der Waals surface area contributed by atoms with Crippen LogP contribution in [0.3, 0.4) is 0 Å². The molecule has 9 heteroatoms. The topological polar surface area (TPSA) is 81.0 Å². The van der Waals surface area contributed by atoms with Gasteiger partial charge in [-0.1, -0.05) is 12.1 Å². The molecule has 128 valence electrons. The zero-order chi connectivity index (χ0) is 17.1. The van der Waals surface area contributed by atoms with Gasteiger partial charge < -0.3 is 15.4 Å². The second-order valence-electron chi connectivity index (χ2n) is 5.19. The summed E-state index contributed by atoms with van der Waals surface area (Å²) in [5, 5.41) is 0. The first kappa shape index (κ1) is 16.3. The number of guanidine groups is 1. The summed E-state index contributed by atoms with van der Waals surface area (Å²) in [7, 11) is 1.48. The molecule has 0 aliphatic carbocycles. The third-order valence-electron chi connectivity index (χ3n) is 3.73. The lowest BCUT2D eigenvalue weighted by atomic mass is 10.3. The quantitative estimate of drug-likeness (QED) is 0.631. The van der Waals surface area contributed by atoms with E-state index in [1.165, 1.54) is 11.6 Å². The maximum atomic E-state index is 13.4. The Kier molecular flexibility index (Phi) is 4.70. The lowest BCUT2D eigenvalue weighted by molar-refractivity contribution is 0.0676. The molecule has 1 aromatic carbocycles. The fourth-order valence-electron chi connectivity index (χ4n) is 2.57. The van der Waals surface area contributed by atoms with Crippen molar-refractivity contribution in [2.75, 3.05) is 33.4 Å². The number of aromatic nitrogens is 2.